The van der Waals surface area contributed by atoms with Gasteiger partial charge in [-0.3, -0.25) is 19.2 Å². The summed E-state index contributed by atoms with van der Waals surface area (Å²) < 4.78 is 8.24. The number of piperidine rings is 1. The van der Waals surface area contributed by atoms with Gasteiger partial charge >= 0.3 is 0 Å². The van der Waals surface area contributed by atoms with E-state index in [1.165, 1.54) is 0 Å². The fourth-order valence-corrected chi connectivity index (χ4v) is 5.17. The van der Waals surface area contributed by atoms with Gasteiger partial charge in [0.2, 0.25) is 5.91 Å². The first kappa shape index (κ1) is 20.1. The van der Waals surface area contributed by atoms with Crippen molar-refractivity contribution in [1.29, 1.82) is 0 Å². The number of carbonyl (C=O) groups excluding carboxylic acids is 2. The molecule has 0 spiro atoms. The van der Waals surface area contributed by atoms with Crippen LogP contribution in [0, 0.1) is 0 Å². The van der Waals surface area contributed by atoms with Gasteiger partial charge in [0, 0.05) is 65.0 Å². The lowest BCUT2D eigenvalue weighted by Gasteiger charge is -2.36. The third kappa shape index (κ3) is 3.59. The maximum atomic E-state index is 13.2. The van der Waals surface area contributed by atoms with Crippen molar-refractivity contribution >= 4 is 11.8 Å². The number of rotatable bonds is 2. The highest BCUT2D eigenvalue weighted by molar-refractivity contribution is 5.98. The van der Waals surface area contributed by atoms with Crippen LogP contribution in [0.5, 0.6) is 5.75 Å². The molecule has 2 saturated heterocycles. The number of amides is 2. The average molecular weight is 424 g/mol. The third-order valence-electron chi connectivity index (χ3n) is 7.04. The molecule has 2 fully saturated rings. The van der Waals surface area contributed by atoms with Crippen LogP contribution >= 0.6 is 0 Å². The summed E-state index contributed by atoms with van der Waals surface area (Å²) in [7, 11) is 3.77. The van der Waals surface area contributed by atoms with E-state index >= 15 is 0 Å². The number of likely N-dealkylation sites (tertiary alicyclic amines) is 2. The maximum absolute atomic E-state index is 13.2. The number of hydrogen-bond donors (Lipinski definition) is 0. The van der Waals surface area contributed by atoms with Crippen molar-refractivity contribution in [2.75, 3.05) is 33.2 Å². The Hall–Kier alpha value is -2.87. The Kier molecular flexibility index (Phi) is 4.97. The molecule has 1 aromatic carbocycles. The first-order valence-electron chi connectivity index (χ1n) is 11.0. The molecule has 0 unspecified atom stereocenters. The number of ether oxygens (including phenoxy) is 1. The molecular formula is C23H29N5O3. The molecule has 0 bridgehead atoms. The van der Waals surface area contributed by atoms with E-state index < -0.39 is 0 Å². The molecular weight excluding hydrogens is 394 g/mol. The summed E-state index contributed by atoms with van der Waals surface area (Å²) in [4.78, 5) is 31.1. The van der Waals surface area contributed by atoms with Gasteiger partial charge in [0.05, 0.1) is 17.8 Å². The van der Waals surface area contributed by atoms with E-state index in [4.69, 9.17) is 4.74 Å². The minimum Gasteiger partial charge on any atom is -0.486 e. The lowest BCUT2D eigenvalue weighted by molar-refractivity contribution is -0.130. The number of likely N-dealkylation sites (N-methyl/N-ethyl adjacent to an activating group) is 1. The van der Waals surface area contributed by atoms with Crippen molar-refractivity contribution in [3.63, 3.8) is 0 Å². The number of aryl methyl sites for hydroxylation is 1. The third-order valence-corrected chi connectivity index (χ3v) is 7.04. The van der Waals surface area contributed by atoms with Gasteiger partial charge in [-0.05, 0) is 30.5 Å². The summed E-state index contributed by atoms with van der Waals surface area (Å²) in [6.45, 7) is 4.85. The molecule has 0 aliphatic carbocycles. The van der Waals surface area contributed by atoms with Crippen LogP contribution in [0.3, 0.4) is 0 Å². The number of fused-ring (bicyclic) bond motifs is 2. The fourth-order valence-electron chi connectivity index (χ4n) is 5.17. The highest BCUT2D eigenvalue weighted by atomic mass is 16.5. The van der Waals surface area contributed by atoms with Crippen molar-refractivity contribution < 1.29 is 14.3 Å². The molecule has 0 radical (unpaired) electrons. The SMILES string of the molecule is CC(=O)N1CCC(N2C[C@@H]3Oc4cc(-c5cnn(C)c5)ccc4C(=O)N(C)[C@@H]3C2)CC1. The first-order valence-corrected chi connectivity index (χ1v) is 11.0. The Morgan fingerprint density at radius 3 is 2.58 bits per heavy atom. The average Bonchev–Trinajstić information content (AvgIpc) is 3.37. The van der Waals surface area contributed by atoms with Gasteiger partial charge in [0.1, 0.15) is 11.9 Å². The van der Waals surface area contributed by atoms with E-state index in [2.05, 4.69) is 10.00 Å². The largest absolute Gasteiger partial charge is 0.486 e. The minimum atomic E-state index is -0.0646. The quantitative estimate of drug-likeness (QED) is 0.734. The zero-order valence-corrected chi connectivity index (χ0v) is 18.3. The van der Waals surface area contributed by atoms with Gasteiger partial charge in [-0.15, -0.1) is 0 Å². The van der Waals surface area contributed by atoms with E-state index in [1.807, 2.05) is 54.5 Å². The molecule has 164 valence electrons. The van der Waals surface area contributed by atoms with Crippen molar-refractivity contribution in [3.8, 4) is 16.9 Å². The number of aromatic nitrogens is 2. The standard InChI is InChI=1S/C23H29N5O3/c1-15(29)27-8-6-18(7-9-27)28-13-20-22(14-28)31-21-10-16(17-11-24-25(2)12-17)4-5-19(21)23(30)26(20)3/h4-5,10-12,18,20,22H,6-9,13-14H2,1-3H3/t20-,22+/m1/s1. The molecule has 4 heterocycles. The lowest BCUT2D eigenvalue weighted by Crippen LogP contribution is -2.47. The van der Waals surface area contributed by atoms with Crippen molar-refractivity contribution in [2.24, 2.45) is 7.05 Å². The number of hydrogen-bond acceptors (Lipinski definition) is 5. The molecule has 3 aliphatic heterocycles. The van der Waals surface area contributed by atoms with Crippen LogP contribution in [0.25, 0.3) is 11.1 Å². The van der Waals surface area contributed by atoms with Crippen molar-refractivity contribution in [2.45, 2.75) is 38.0 Å². The van der Waals surface area contributed by atoms with Crippen LogP contribution < -0.4 is 4.74 Å². The zero-order valence-electron chi connectivity index (χ0n) is 18.3. The van der Waals surface area contributed by atoms with Gasteiger partial charge in [-0.1, -0.05) is 6.07 Å². The summed E-state index contributed by atoms with van der Waals surface area (Å²) in [6, 6.07) is 6.24. The van der Waals surface area contributed by atoms with Crippen molar-refractivity contribution in [3.05, 3.63) is 36.2 Å². The Balaban J connectivity index is 1.36. The van der Waals surface area contributed by atoms with Crippen LogP contribution in [-0.2, 0) is 11.8 Å². The summed E-state index contributed by atoms with van der Waals surface area (Å²) in [5.74, 6) is 0.812. The Bertz CT molecular complexity index is 1010. The van der Waals surface area contributed by atoms with Crippen LogP contribution in [0.1, 0.15) is 30.1 Å². The molecule has 8 nitrogen and oxygen atoms in total. The smallest absolute Gasteiger partial charge is 0.257 e. The second-order valence-corrected chi connectivity index (χ2v) is 8.94. The molecule has 0 saturated carbocycles. The summed E-state index contributed by atoms with van der Waals surface area (Å²) in [5, 5.41) is 4.25. The summed E-state index contributed by atoms with van der Waals surface area (Å²) in [5.41, 5.74) is 2.61. The molecule has 5 rings (SSSR count). The molecule has 31 heavy (non-hydrogen) atoms. The highest BCUT2D eigenvalue weighted by Crippen LogP contribution is 2.35. The molecule has 2 atom stereocenters. The second kappa shape index (κ2) is 7.67. The predicted octanol–water partition coefficient (Wildman–Crippen LogP) is 1.62. The first-order chi connectivity index (χ1) is 14.9. The van der Waals surface area contributed by atoms with Crippen molar-refractivity contribution in [1.82, 2.24) is 24.5 Å². The number of nitrogens with zero attached hydrogens (tertiary/aromatic N) is 5. The Labute approximate surface area is 182 Å². The van der Waals surface area contributed by atoms with Gasteiger partial charge in [0.25, 0.3) is 5.91 Å². The normalized spacial score (nSPS) is 24.5. The lowest BCUT2D eigenvalue weighted by atomic mass is 10.0. The number of carbonyl (C=O) groups is 2. The Morgan fingerprint density at radius 1 is 1.13 bits per heavy atom. The van der Waals surface area contributed by atoms with E-state index in [0.29, 0.717) is 17.4 Å². The van der Waals surface area contributed by atoms with E-state index in [0.717, 1.165) is 50.1 Å². The zero-order chi connectivity index (χ0) is 21.7. The van der Waals surface area contributed by atoms with Crippen LogP contribution in [0.15, 0.2) is 30.6 Å². The monoisotopic (exact) mass is 423 g/mol. The molecule has 2 amide bonds. The maximum Gasteiger partial charge on any atom is 0.257 e. The molecule has 0 N–H and O–H groups in total. The molecule has 8 heteroatoms. The van der Waals surface area contributed by atoms with Gasteiger partial charge in [-0.25, -0.2) is 0 Å². The second-order valence-electron chi connectivity index (χ2n) is 8.94. The minimum absolute atomic E-state index is 0.00786. The van der Waals surface area contributed by atoms with Gasteiger partial charge in [-0.2, -0.15) is 5.10 Å². The van der Waals surface area contributed by atoms with E-state index in [1.54, 1.807) is 11.6 Å². The summed E-state index contributed by atoms with van der Waals surface area (Å²) in [6.07, 6.45) is 5.65. The number of benzene rings is 1. The molecule has 3 aliphatic rings. The molecule has 2 aromatic rings. The predicted molar refractivity (Wildman–Crippen MR) is 116 cm³/mol. The Morgan fingerprint density at radius 2 is 1.90 bits per heavy atom. The molecule has 1 aromatic heterocycles. The van der Waals surface area contributed by atoms with Crippen LogP contribution in [0.4, 0.5) is 0 Å². The van der Waals surface area contributed by atoms with Gasteiger partial charge in [0.15, 0.2) is 0 Å². The van der Waals surface area contributed by atoms with E-state index in [-0.39, 0.29) is 24.0 Å². The van der Waals surface area contributed by atoms with Crippen LogP contribution in [-0.4, -0.2) is 87.7 Å². The fraction of sp³-hybridized carbons (Fsp3) is 0.522. The highest BCUT2D eigenvalue weighted by Gasteiger charge is 2.44. The van der Waals surface area contributed by atoms with Crippen LogP contribution in [0.2, 0.25) is 0 Å². The van der Waals surface area contributed by atoms with E-state index in [9.17, 15) is 9.59 Å². The topological polar surface area (TPSA) is 70.9 Å². The van der Waals surface area contributed by atoms with Gasteiger partial charge < -0.3 is 14.5 Å². The summed E-state index contributed by atoms with van der Waals surface area (Å²) >= 11 is 0.